The van der Waals surface area contributed by atoms with Gasteiger partial charge in [0.15, 0.2) is 0 Å². The smallest absolute Gasteiger partial charge is 0.320 e. The molecule has 0 fully saturated rings. The van der Waals surface area contributed by atoms with Crippen molar-refractivity contribution in [2.75, 3.05) is 23.0 Å². The predicted octanol–water partition coefficient (Wildman–Crippen LogP) is -0.0564. The quantitative estimate of drug-likeness (QED) is 0.0843. The van der Waals surface area contributed by atoms with Crippen LogP contribution in [0.15, 0.2) is 0 Å². The van der Waals surface area contributed by atoms with Crippen molar-refractivity contribution in [3.05, 3.63) is 0 Å². The average Bonchev–Trinajstić information content (AvgIpc) is 2.72. The van der Waals surface area contributed by atoms with E-state index < -0.39 is 48.0 Å². The minimum Gasteiger partial charge on any atom is -0.480 e. The van der Waals surface area contributed by atoms with E-state index in [1.807, 2.05) is 0 Å². The van der Waals surface area contributed by atoms with E-state index in [1.165, 1.54) is 43.2 Å². The second-order valence-electron chi connectivity index (χ2n) is 6.22. The van der Waals surface area contributed by atoms with Gasteiger partial charge in [0.05, 0.1) is 0 Å². The summed E-state index contributed by atoms with van der Waals surface area (Å²) in [7, 11) is 5.91. The molecule has 0 radical (unpaired) electrons. The number of hydrogen-bond donors (Lipinski definition) is 8. The molecular weight excluding hydrogens is 504 g/mol. The Morgan fingerprint density at radius 3 is 0.750 bits per heavy atom. The highest BCUT2D eigenvalue weighted by atomic mass is 33.1. The number of nitrogens with two attached hydrogens (primary N) is 4. The van der Waals surface area contributed by atoms with Crippen molar-refractivity contribution in [3.8, 4) is 0 Å². The molecule has 0 bridgehead atoms. The average molecular weight is 537 g/mol. The maximum atomic E-state index is 10.4. The SMILES string of the molecule is N[C@@H](CCSSCC[C@H](N)C(=O)O)C(=O)O.N[C@@H](CCSSCC[C@H](N)C(=O)O)C(=O)O. The van der Waals surface area contributed by atoms with E-state index in [0.717, 1.165) is 0 Å². The largest absolute Gasteiger partial charge is 0.480 e. The third-order valence-electron chi connectivity index (χ3n) is 3.48. The summed E-state index contributed by atoms with van der Waals surface area (Å²) >= 11 is 0. The summed E-state index contributed by atoms with van der Waals surface area (Å²) in [5.74, 6) is -1.50. The van der Waals surface area contributed by atoms with E-state index in [1.54, 1.807) is 0 Å². The van der Waals surface area contributed by atoms with E-state index in [2.05, 4.69) is 0 Å². The molecule has 0 unspecified atom stereocenters. The van der Waals surface area contributed by atoms with E-state index >= 15 is 0 Å². The van der Waals surface area contributed by atoms with Gasteiger partial charge < -0.3 is 43.4 Å². The van der Waals surface area contributed by atoms with Crippen molar-refractivity contribution < 1.29 is 39.6 Å². The van der Waals surface area contributed by atoms with Crippen molar-refractivity contribution in [2.45, 2.75) is 49.9 Å². The summed E-state index contributed by atoms with van der Waals surface area (Å²) in [5, 5.41) is 34.0. The van der Waals surface area contributed by atoms with Gasteiger partial charge >= 0.3 is 23.9 Å². The molecule has 0 aliphatic rings. The highest BCUT2D eigenvalue weighted by Crippen LogP contribution is 2.24. The lowest BCUT2D eigenvalue weighted by Crippen LogP contribution is -2.30. The normalized spacial score (nSPS) is 14.4. The number of carboxylic acids is 4. The van der Waals surface area contributed by atoms with Crippen molar-refractivity contribution >= 4 is 67.1 Å². The molecule has 0 heterocycles. The summed E-state index contributed by atoms with van der Waals surface area (Å²) in [6, 6.07) is -3.30. The molecule has 0 aromatic carbocycles. The Morgan fingerprint density at radius 1 is 0.469 bits per heavy atom. The number of carbonyl (C=O) groups is 4. The molecule has 0 aromatic heterocycles. The van der Waals surface area contributed by atoms with E-state index in [-0.39, 0.29) is 0 Å². The number of rotatable bonds is 18. The van der Waals surface area contributed by atoms with Crippen LogP contribution in [0.5, 0.6) is 0 Å². The van der Waals surface area contributed by atoms with Crippen LogP contribution in [0.25, 0.3) is 0 Å². The first kappa shape index (κ1) is 33.3. The van der Waals surface area contributed by atoms with Crippen molar-refractivity contribution in [3.63, 3.8) is 0 Å². The molecule has 0 saturated carbocycles. The van der Waals surface area contributed by atoms with Gasteiger partial charge in [-0.3, -0.25) is 19.2 Å². The first-order valence-electron chi connectivity index (χ1n) is 9.32. The molecule has 0 saturated heterocycles. The minimum absolute atomic E-state index is 0.401. The molecule has 16 heteroatoms. The van der Waals surface area contributed by atoms with Crippen LogP contribution >= 0.6 is 43.2 Å². The fourth-order valence-corrected chi connectivity index (χ4v) is 5.87. The van der Waals surface area contributed by atoms with Crippen LogP contribution in [0, 0.1) is 0 Å². The van der Waals surface area contributed by atoms with Crippen LogP contribution in [-0.2, 0) is 19.2 Å². The highest BCUT2D eigenvalue weighted by molar-refractivity contribution is 8.77. The lowest BCUT2D eigenvalue weighted by molar-refractivity contribution is -0.139. The van der Waals surface area contributed by atoms with Crippen molar-refractivity contribution in [2.24, 2.45) is 22.9 Å². The molecular formula is C16H32N4O8S4. The highest BCUT2D eigenvalue weighted by Gasteiger charge is 2.13. The Morgan fingerprint density at radius 2 is 0.625 bits per heavy atom. The summed E-state index contributed by atoms with van der Waals surface area (Å²) in [6.07, 6.45) is 1.60. The zero-order valence-electron chi connectivity index (χ0n) is 17.3. The summed E-state index contributed by atoms with van der Waals surface area (Å²) < 4.78 is 0. The number of carboxylic acid groups (broad SMARTS) is 4. The van der Waals surface area contributed by atoms with Gasteiger partial charge in [0, 0.05) is 23.0 Å². The standard InChI is InChI=1S/2C8H16N2O4S2/c2*9-5(7(11)12)1-3-15-16-4-2-6(10)8(13)14/h2*5-6H,1-4,9-10H2,(H,11,12)(H,13,14)/t2*5-,6-/m00/s1. The lowest BCUT2D eigenvalue weighted by Gasteiger charge is -2.06. The molecule has 0 aliphatic heterocycles. The number of aliphatic carboxylic acids is 4. The van der Waals surface area contributed by atoms with E-state index in [0.29, 0.717) is 48.7 Å². The predicted molar refractivity (Wildman–Crippen MR) is 131 cm³/mol. The van der Waals surface area contributed by atoms with Crippen LogP contribution in [0.4, 0.5) is 0 Å². The fraction of sp³-hybridized carbons (Fsp3) is 0.750. The Balaban J connectivity index is 0. The van der Waals surface area contributed by atoms with Gasteiger partial charge in [-0.15, -0.1) is 0 Å². The first-order chi connectivity index (χ1) is 14.9. The maximum absolute atomic E-state index is 10.4. The van der Waals surface area contributed by atoms with E-state index in [4.69, 9.17) is 43.4 Å². The summed E-state index contributed by atoms with van der Waals surface area (Å²) in [5.41, 5.74) is 21.2. The van der Waals surface area contributed by atoms with Gasteiger partial charge in [-0.25, -0.2) is 0 Å². The number of hydrogen-bond acceptors (Lipinski definition) is 12. The molecule has 0 rings (SSSR count). The lowest BCUT2D eigenvalue weighted by atomic mass is 10.2. The molecule has 0 amide bonds. The van der Waals surface area contributed by atoms with Crippen LogP contribution in [0.3, 0.4) is 0 Å². The maximum Gasteiger partial charge on any atom is 0.320 e. The molecule has 188 valence electrons. The summed E-state index contributed by atoms with van der Waals surface area (Å²) in [4.78, 5) is 41.4. The van der Waals surface area contributed by atoms with Crippen LogP contribution in [0.1, 0.15) is 25.7 Å². The van der Waals surface area contributed by atoms with Gasteiger partial charge in [0.25, 0.3) is 0 Å². The first-order valence-corrected chi connectivity index (χ1v) is 14.3. The molecule has 12 N–H and O–H groups in total. The summed E-state index contributed by atoms with van der Waals surface area (Å²) in [6.45, 7) is 0. The Bertz CT molecular complexity index is 480. The van der Waals surface area contributed by atoms with Crippen LogP contribution in [0.2, 0.25) is 0 Å². The molecule has 4 atom stereocenters. The van der Waals surface area contributed by atoms with Crippen molar-refractivity contribution in [1.29, 1.82) is 0 Å². The molecule has 32 heavy (non-hydrogen) atoms. The zero-order chi connectivity index (χ0) is 25.1. The van der Waals surface area contributed by atoms with Gasteiger partial charge in [-0.05, 0) is 25.7 Å². The van der Waals surface area contributed by atoms with Gasteiger partial charge in [0.2, 0.25) is 0 Å². The third kappa shape index (κ3) is 21.0. The Hall–Kier alpha value is -0.880. The topological polar surface area (TPSA) is 253 Å². The molecule has 0 aliphatic carbocycles. The second kappa shape index (κ2) is 20.7. The molecule has 0 spiro atoms. The second-order valence-corrected chi connectivity index (χ2v) is 11.6. The van der Waals surface area contributed by atoms with Crippen molar-refractivity contribution in [1.82, 2.24) is 0 Å². The molecule has 0 aromatic rings. The molecule has 12 nitrogen and oxygen atoms in total. The zero-order valence-corrected chi connectivity index (χ0v) is 20.6. The monoisotopic (exact) mass is 536 g/mol. The van der Waals surface area contributed by atoms with Gasteiger partial charge in [0.1, 0.15) is 24.2 Å². The Kier molecular flexibility index (Phi) is 21.5. The van der Waals surface area contributed by atoms with Gasteiger partial charge in [-0.1, -0.05) is 43.2 Å². The van der Waals surface area contributed by atoms with E-state index in [9.17, 15) is 19.2 Å². The third-order valence-corrected chi connectivity index (χ3v) is 8.43. The van der Waals surface area contributed by atoms with Gasteiger partial charge in [-0.2, -0.15) is 0 Å². The van der Waals surface area contributed by atoms with Crippen LogP contribution in [-0.4, -0.2) is 91.5 Å². The van der Waals surface area contributed by atoms with Crippen LogP contribution < -0.4 is 22.9 Å². The fourth-order valence-electron chi connectivity index (χ4n) is 1.43. The minimum atomic E-state index is -1.00. The Labute approximate surface area is 202 Å².